The van der Waals surface area contributed by atoms with E-state index < -0.39 is 29.3 Å². The number of hydrogen-bond acceptors (Lipinski definition) is 12. The highest BCUT2D eigenvalue weighted by molar-refractivity contribution is 5.82. The second-order valence-electron chi connectivity index (χ2n) is 8.21. The Bertz CT molecular complexity index is 762. The molecule has 0 aliphatic carbocycles. The summed E-state index contributed by atoms with van der Waals surface area (Å²) >= 11 is 0. The Balaban J connectivity index is 5.06. The fourth-order valence-corrected chi connectivity index (χ4v) is 2.90. The number of hydrogen-bond donors (Lipinski definition) is 0. The van der Waals surface area contributed by atoms with Gasteiger partial charge in [0.15, 0.2) is 0 Å². The van der Waals surface area contributed by atoms with Gasteiger partial charge >= 0.3 is 23.9 Å². The lowest BCUT2D eigenvalue weighted by Gasteiger charge is -2.33. The summed E-state index contributed by atoms with van der Waals surface area (Å²) in [5, 5.41) is 0. The molecule has 0 unspecified atom stereocenters. The minimum absolute atomic E-state index is 0.0365. The Hall–Kier alpha value is -3.32. The lowest BCUT2D eigenvalue weighted by Crippen LogP contribution is -2.39. The van der Waals surface area contributed by atoms with E-state index in [9.17, 15) is 19.2 Å². The van der Waals surface area contributed by atoms with Gasteiger partial charge in [0.05, 0.1) is 46.2 Å². The van der Waals surface area contributed by atoms with Crippen LogP contribution in [0.3, 0.4) is 0 Å². The fraction of sp³-hybridized carbons (Fsp3) is 0.571. The Morgan fingerprint density at radius 3 is 1.20 bits per heavy atom. The maximum atomic E-state index is 11.3. The van der Waals surface area contributed by atoms with Crippen molar-refractivity contribution in [2.45, 2.75) is 19.3 Å². The van der Waals surface area contributed by atoms with Gasteiger partial charge < -0.3 is 37.9 Å². The van der Waals surface area contributed by atoms with Gasteiger partial charge in [-0.25, -0.2) is 19.2 Å². The topological polar surface area (TPSA) is 142 Å². The van der Waals surface area contributed by atoms with Crippen LogP contribution < -0.4 is 0 Å². The van der Waals surface area contributed by atoms with Crippen molar-refractivity contribution < 1.29 is 57.1 Å². The minimum Gasteiger partial charge on any atom is -0.462 e. The average molecular weight is 571 g/mol. The van der Waals surface area contributed by atoms with Crippen LogP contribution in [0.5, 0.6) is 0 Å². The predicted molar refractivity (Wildman–Crippen MR) is 144 cm³/mol. The van der Waals surface area contributed by atoms with Crippen LogP contribution in [0.15, 0.2) is 50.6 Å². The lowest BCUT2D eigenvalue weighted by molar-refractivity contribution is -0.142. The van der Waals surface area contributed by atoms with Gasteiger partial charge in [-0.15, -0.1) is 0 Å². The van der Waals surface area contributed by atoms with E-state index in [1.165, 1.54) is 0 Å². The Morgan fingerprint density at radius 2 is 0.800 bits per heavy atom. The number of carbonyl (C=O) groups is 4. The summed E-state index contributed by atoms with van der Waals surface area (Å²) in [6, 6.07) is 0. The molecule has 0 aromatic rings. The van der Waals surface area contributed by atoms with Crippen LogP contribution in [0.2, 0.25) is 0 Å². The molecule has 0 aliphatic rings. The van der Waals surface area contributed by atoms with E-state index in [0.29, 0.717) is 39.1 Å². The van der Waals surface area contributed by atoms with Gasteiger partial charge in [0.1, 0.15) is 13.2 Å². The highest BCUT2D eigenvalue weighted by Gasteiger charge is 2.32. The second-order valence-corrected chi connectivity index (χ2v) is 8.21. The Labute approximate surface area is 235 Å². The molecular formula is C28H42O12. The molecule has 12 heteroatoms. The first-order valence-corrected chi connectivity index (χ1v) is 12.8. The summed E-state index contributed by atoms with van der Waals surface area (Å²) in [6.45, 7) is 15.6. The van der Waals surface area contributed by atoms with E-state index in [-0.39, 0.29) is 59.5 Å². The molecule has 0 amide bonds. The first-order chi connectivity index (χ1) is 19.3. The summed E-state index contributed by atoms with van der Waals surface area (Å²) in [5.41, 5.74) is -0.683. The zero-order valence-electron chi connectivity index (χ0n) is 23.1. The summed E-state index contributed by atoms with van der Waals surface area (Å²) in [4.78, 5) is 44.9. The minimum atomic E-state index is -0.683. The van der Waals surface area contributed by atoms with Crippen LogP contribution >= 0.6 is 0 Å². The third-order valence-corrected chi connectivity index (χ3v) is 4.97. The van der Waals surface area contributed by atoms with Crippen molar-refractivity contribution in [2.24, 2.45) is 5.41 Å². The van der Waals surface area contributed by atoms with E-state index in [1.54, 1.807) is 0 Å². The molecule has 0 aliphatic heterocycles. The van der Waals surface area contributed by atoms with Gasteiger partial charge in [0, 0.05) is 62.4 Å². The third kappa shape index (κ3) is 20.6. The van der Waals surface area contributed by atoms with Gasteiger partial charge in [-0.1, -0.05) is 26.3 Å². The van der Waals surface area contributed by atoms with Crippen molar-refractivity contribution in [2.75, 3.05) is 79.3 Å². The van der Waals surface area contributed by atoms with E-state index in [0.717, 1.165) is 24.3 Å². The van der Waals surface area contributed by atoms with Crippen molar-refractivity contribution in [3.05, 3.63) is 50.6 Å². The van der Waals surface area contributed by atoms with Crippen LogP contribution in [-0.4, -0.2) is 103 Å². The van der Waals surface area contributed by atoms with E-state index in [2.05, 4.69) is 26.3 Å². The van der Waals surface area contributed by atoms with Crippen LogP contribution in [0, 0.1) is 5.41 Å². The first kappa shape index (κ1) is 36.7. The van der Waals surface area contributed by atoms with Gasteiger partial charge in [-0.2, -0.15) is 0 Å². The van der Waals surface area contributed by atoms with Crippen molar-refractivity contribution >= 4 is 23.9 Å². The molecule has 0 bridgehead atoms. The Morgan fingerprint density at radius 1 is 0.450 bits per heavy atom. The molecule has 226 valence electrons. The molecule has 40 heavy (non-hydrogen) atoms. The number of rotatable bonds is 27. The maximum Gasteiger partial charge on any atom is 0.330 e. The Kier molecular flexibility index (Phi) is 22.7. The zero-order chi connectivity index (χ0) is 29.9. The van der Waals surface area contributed by atoms with Crippen LogP contribution in [0.25, 0.3) is 0 Å². The normalized spacial score (nSPS) is 10.7. The van der Waals surface area contributed by atoms with Crippen molar-refractivity contribution in [1.82, 2.24) is 0 Å². The van der Waals surface area contributed by atoms with Crippen LogP contribution in [0.4, 0.5) is 0 Å². The molecule has 0 aromatic heterocycles. The quantitative estimate of drug-likeness (QED) is 0.0618. The molecular weight excluding hydrogens is 528 g/mol. The maximum absolute atomic E-state index is 11.3. The van der Waals surface area contributed by atoms with Crippen molar-refractivity contribution in [3.8, 4) is 0 Å². The second kappa shape index (κ2) is 24.7. The smallest absolute Gasteiger partial charge is 0.330 e. The van der Waals surface area contributed by atoms with Crippen LogP contribution in [-0.2, 0) is 57.1 Å². The highest BCUT2D eigenvalue weighted by atomic mass is 16.6. The number of ether oxygens (including phenoxy) is 8. The van der Waals surface area contributed by atoms with E-state index in [1.807, 2.05) is 0 Å². The summed E-state index contributed by atoms with van der Waals surface area (Å²) in [7, 11) is 0. The van der Waals surface area contributed by atoms with E-state index >= 15 is 0 Å². The lowest BCUT2D eigenvalue weighted by atomic mass is 9.87. The molecule has 0 spiro atoms. The summed E-state index contributed by atoms with van der Waals surface area (Å²) in [5.74, 6) is -2.12. The van der Waals surface area contributed by atoms with Gasteiger partial charge in [0.25, 0.3) is 0 Å². The molecule has 0 fully saturated rings. The van der Waals surface area contributed by atoms with Crippen molar-refractivity contribution in [3.63, 3.8) is 0 Å². The molecule has 0 saturated carbocycles. The number of esters is 4. The highest BCUT2D eigenvalue weighted by Crippen LogP contribution is 2.25. The van der Waals surface area contributed by atoms with E-state index in [4.69, 9.17) is 37.9 Å². The molecule has 0 saturated heterocycles. The standard InChI is InChI=1S/C28H42O12/c1-5-24(29)37-14-9-12-33-16-11-28(22-35-17-19-39-26(31)7-3,23-36-18-20-40-27(32)8-4)21-34-13-10-15-38-25(30)6-2/h5-8H,1-4,9-23H2. The molecule has 0 N–H and O–H groups in total. The molecule has 12 nitrogen and oxygen atoms in total. The van der Waals surface area contributed by atoms with Gasteiger partial charge in [-0.05, 0) is 6.42 Å². The van der Waals surface area contributed by atoms with Gasteiger partial charge in [0.2, 0.25) is 0 Å². The zero-order valence-corrected chi connectivity index (χ0v) is 23.1. The summed E-state index contributed by atoms with van der Waals surface area (Å²) < 4.78 is 43.0. The molecule has 0 aromatic carbocycles. The SMILES string of the molecule is C=CC(=O)OCCCOCCC(COCCCOC(=O)C=C)(COCCOC(=O)C=C)COCCOC(=O)C=C. The van der Waals surface area contributed by atoms with Crippen molar-refractivity contribution in [1.29, 1.82) is 0 Å². The molecule has 0 radical (unpaired) electrons. The average Bonchev–Trinajstić information content (AvgIpc) is 2.97. The molecule has 0 atom stereocenters. The monoisotopic (exact) mass is 570 g/mol. The molecule has 0 heterocycles. The van der Waals surface area contributed by atoms with Crippen LogP contribution in [0.1, 0.15) is 19.3 Å². The molecule has 0 rings (SSSR count). The predicted octanol–water partition coefficient (Wildman–Crippen LogP) is 2.13. The summed E-state index contributed by atoms with van der Waals surface area (Å²) in [6.07, 6.45) is 5.73. The number of carbonyl (C=O) groups excluding carboxylic acids is 4. The fourth-order valence-electron chi connectivity index (χ4n) is 2.90. The largest absolute Gasteiger partial charge is 0.462 e. The van der Waals surface area contributed by atoms with Gasteiger partial charge in [-0.3, -0.25) is 0 Å². The first-order valence-electron chi connectivity index (χ1n) is 12.8. The third-order valence-electron chi connectivity index (χ3n) is 4.97.